The summed E-state index contributed by atoms with van der Waals surface area (Å²) in [7, 11) is 0. The highest BCUT2D eigenvalue weighted by atomic mass is 19.4. The van der Waals surface area contributed by atoms with E-state index in [1.54, 1.807) is 0 Å². The lowest BCUT2D eigenvalue weighted by Crippen LogP contribution is -2.19. The maximum atomic E-state index is 14.7. The molecule has 0 saturated heterocycles. The lowest BCUT2D eigenvalue weighted by molar-refractivity contribution is -0.137. The van der Waals surface area contributed by atoms with Gasteiger partial charge in [-0.25, -0.2) is 18.2 Å². The number of anilines is 1. The lowest BCUT2D eigenvalue weighted by Gasteiger charge is -2.15. The van der Waals surface area contributed by atoms with E-state index < -0.39 is 47.3 Å². The third-order valence-electron chi connectivity index (χ3n) is 6.06. The summed E-state index contributed by atoms with van der Waals surface area (Å²) < 4.78 is 84.7. The molecule has 0 radical (unpaired) electrons. The maximum Gasteiger partial charge on any atom is 0.417 e. The number of aliphatic hydroxyl groups excluding tert-OH is 1. The Bertz CT molecular complexity index is 1710. The number of alkyl halides is 3. The number of hydrogen-bond donors (Lipinski definition) is 2. The van der Waals surface area contributed by atoms with Crippen molar-refractivity contribution in [2.24, 2.45) is 0 Å². The average molecular weight is 541 g/mol. The fraction of sp³-hybridized carbons (Fsp3) is 0.0714. The Morgan fingerprint density at radius 1 is 0.923 bits per heavy atom. The summed E-state index contributed by atoms with van der Waals surface area (Å²) in [5, 5.41) is 12.2. The maximum absolute atomic E-state index is 14.7. The Labute approximate surface area is 217 Å². The Morgan fingerprint density at radius 3 is 2.33 bits per heavy atom. The lowest BCUT2D eigenvalue weighted by atomic mass is 9.98. The molecule has 0 unspecified atom stereocenters. The summed E-state index contributed by atoms with van der Waals surface area (Å²) in [4.78, 5) is 17.3. The van der Waals surface area contributed by atoms with Crippen molar-refractivity contribution in [2.45, 2.75) is 12.8 Å². The number of aromatic nitrogens is 2. The van der Waals surface area contributed by atoms with Crippen molar-refractivity contribution in [3.63, 3.8) is 0 Å². The van der Waals surface area contributed by atoms with E-state index in [9.17, 15) is 36.2 Å². The Balaban J connectivity index is 1.67. The molecule has 2 heterocycles. The van der Waals surface area contributed by atoms with Gasteiger partial charge in [-0.15, -0.1) is 0 Å². The fourth-order valence-corrected chi connectivity index (χ4v) is 4.30. The van der Waals surface area contributed by atoms with Gasteiger partial charge in [0.25, 0.3) is 5.91 Å². The number of benzene rings is 3. The summed E-state index contributed by atoms with van der Waals surface area (Å²) in [6.07, 6.45) is -3.38. The minimum Gasteiger partial charge on any atom is -0.390 e. The molecule has 0 aliphatic rings. The van der Waals surface area contributed by atoms with Crippen LogP contribution in [-0.2, 0) is 12.8 Å². The quantitative estimate of drug-likeness (QED) is 0.239. The molecule has 11 heteroatoms. The molecule has 5 aromatic rings. The van der Waals surface area contributed by atoms with Gasteiger partial charge in [-0.2, -0.15) is 13.2 Å². The largest absolute Gasteiger partial charge is 0.417 e. The molecule has 0 aliphatic carbocycles. The average Bonchev–Trinajstić information content (AvgIpc) is 3.29. The minimum atomic E-state index is -4.86. The van der Waals surface area contributed by atoms with Crippen molar-refractivity contribution in [1.82, 2.24) is 9.38 Å². The van der Waals surface area contributed by atoms with E-state index in [0.717, 1.165) is 36.4 Å². The van der Waals surface area contributed by atoms with Crippen LogP contribution < -0.4 is 5.32 Å². The highest BCUT2D eigenvalue weighted by molar-refractivity contribution is 6.06. The van der Waals surface area contributed by atoms with Crippen LogP contribution in [-0.4, -0.2) is 20.4 Å². The summed E-state index contributed by atoms with van der Waals surface area (Å²) in [6, 6.07) is 14.0. The van der Waals surface area contributed by atoms with Crippen molar-refractivity contribution in [3.8, 4) is 22.4 Å². The van der Waals surface area contributed by atoms with Gasteiger partial charge < -0.3 is 10.4 Å². The predicted octanol–water partition coefficient (Wildman–Crippen LogP) is 6.85. The summed E-state index contributed by atoms with van der Waals surface area (Å²) in [5.74, 6) is -3.93. The molecule has 39 heavy (non-hydrogen) atoms. The third-order valence-corrected chi connectivity index (χ3v) is 6.06. The zero-order valence-electron chi connectivity index (χ0n) is 19.7. The molecule has 5 rings (SSSR count). The number of pyridine rings is 1. The molecule has 3 aromatic carbocycles. The predicted molar refractivity (Wildman–Crippen MR) is 131 cm³/mol. The summed E-state index contributed by atoms with van der Waals surface area (Å²) in [6.45, 7) is -0.634. The molecule has 0 aliphatic heterocycles. The van der Waals surface area contributed by atoms with Crippen LogP contribution in [0.5, 0.6) is 0 Å². The van der Waals surface area contributed by atoms with Gasteiger partial charge in [-0.1, -0.05) is 12.1 Å². The van der Waals surface area contributed by atoms with Crippen LogP contribution in [0.1, 0.15) is 21.6 Å². The topological polar surface area (TPSA) is 66.6 Å². The number of imidazole rings is 1. The highest BCUT2D eigenvalue weighted by Gasteiger charge is 2.35. The van der Waals surface area contributed by atoms with Crippen LogP contribution in [0.15, 0.2) is 79.0 Å². The van der Waals surface area contributed by atoms with Crippen molar-refractivity contribution >= 4 is 17.2 Å². The van der Waals surface area contributed by atoms with Crippen LogP contribution in [0.2, 0.25) is 0 Å². The monoisotopic (exact) mass is 541 g/mol. The smallest absolute Gasteiger partial charge is 0.390 e. The first-order chi connectivity index (χ1) is 18.6. The van der Waals surface area contributed by atoms with Crippen molar-refractivity contribution < 1.29 is 36.2 Å². The van der Waals surface area contributed by atoms with Gasteiger partial charge in [0.05, 0.1) is 29.1 Å². The van der Waals surface area contributed by atoms with E-state index in [-0.39, 0.29) is 39.4 Å². The van der Waals surface area contributed by atoms with Gasteiger partial charge in [0.1, 0.15) is 11.5 Å². The number of nitrogens with one attached hydrogen (secondary N) is 1. The molecule has 2 aromatic heterocycles. The molecule has 5 nitrogen and oxygen atoms in total. The van der Waals surface area contributed by atoms with E-state index in [1.807, 2.05) is 0 Å². The molecular weight excluding hydrogens is 524 g/mol. The number of amides is 1. The standard InChI is InChI=1S/C28H17F6N3O2/c29-16-7-9-17(10-8-16)35-27(39)20-13-15(6-11-21(20)28(32,33)34)18-4-2-12-37-25(23(14-38)36-26(18)37)19-3-1-5-22(30)24(19)31/h1-13,38H,14H2,(H,35,39). The van der Waals surface area contributed by atoms with Gasteiger partial charge in [0.2, 0.25) is 0 Å². The first-order valence-electron chi connectivity index (χ1n) is 11.4. The van der Waals surface area contributed by atoms with E-state index in [2.05, 4.69) is 10.3 Å². The van der Waals surface area contributed by atoms with E-state index in [0.29, 0.717) is 0 Å². The number of aliphatic hydroxyl groups is 1. The molecule has 0 spiro atoms. The van der Waals surface area contributed by atoms with Crippen LogP contribution in [0.3, 0.4) is 0 Å². The zero-order chi connectivity index (χ0) is 27.9. The van der Waals surface area contributed by atoms with E-state index in [4.69, 9.17) is 0 Å². The molecule has 0 fully saturated rings. The molecule has 1 amide bonds. The molecule has 0 bridgehead atoms. The van der Waals surface area contributed by atoms with Gasteiger partial charge >= 0.3 is 6.18 Å². The van der Waals surface area contributed by atoms with E-state index >= 15 is 0 Å². The van der Waals surface area contributed by atoms with Crippen molar-refractivity contribution in [2.75, 3.05) is 5.32 Å². The molecule has 198 valence electrons. The number of carbonyl (C=O) groups excluding carboxylic acids is 1. The number of hydrogen-bond acceptors (Lipinski definition) is 3. The second kappa shape index (κ2) is 9.91. The minimum absolute atomic E-state index is 0.00754. The first-order valence-corrected chi connectivity index (χ1v) is 11.4. The van der Waals surface area contributed by atoms with E-state index in [1.165, 1.54) is 47.0 Å². The van der Waals surface area contributed by atoms with Gasteiger partial charge in [-0.3, -0.25) is 9.20 Å². The highest BCUT2D eigenvalue weighted by Crippen LogP contribution is 2.37. The first kappa shape index (κ1) is 26.0. The second-order valence-electron chi connectivity index (χ2n) is 8.50. The number of fused-ring (bicyclic) bond motifs is 1. The van der Waals surface area contributed by atoms with Gasteiger partial charge in [0.15, 0.2) is 11.6 Å². The van der Waals surface area contributed by atoms with Gasteiger partial charge in [0, 0.05) is 23.0 Å². The van der Waals surface area contributed by atoms with Crippen LogP contribution in [0, 0.1) is 17.5 Å². The van der Waals surface area contributed by atoms with Crippen LogP contribution in [0.25, 0.3) is 28.0 Å². The number of halogens is 6. The van der Waals surface area contributed by atoms with Crippen LogP contribution >= 0.6 is 0 Å². The second-order valence-corrected chi connectivity index (χ2v) is 8.50. The zero-order valence-corrected chi connectivity index (χ0v) is 19.7. The Hall–Kier alpha value is -4.64. The van der Waals surface area contributed by atoms with Crippen LogP contribution in [0.4, 0.5) is 32.0 Å². The number of carbonyl (C=O) groups is 1. The van der Waals surface area contributed by atoms with Crippen molar-refractivity contribution in [3.05, 3.63) is 113 Å². The Kier molecular flexibility index (Phi) is 6.61. The molecular formula is C28H17F6N3O2. The van der Waals surface area contributed by atoms with Gasteiger partial charge in [-0.05, 0) is 66.2 Å². The van der Waals surface area contributed by atoms with Crippen molar-refractivity contribution in [1.29, 1.82) is 0 Å². The molecule has 2 N–H and O–H groups in total. The summed E-state index contributed by atoms with van der Waals surface area (Å²) in [5.41, 5.74) is -1.35. The number of rotatable bonds is 5. The number of nitrogens with zero attached hydrogens (tertiary/aromatic N) is 2. The Morgan fingerprint density at radius 2 is 1.64 bits per heavy atom. The normalized spacial score (nSPS) is 11.7. The third kappa shape index (κ3) is 4.84. The fourth-order valence-electron chi connectivity index (χ4n) is 4.30. The summed E-state index contributed by atoms with van der Waals surface area (Å²) >= 11 is 0. The molecule has 0 saturated carbocycles. The molecule has 0 atom stereocenters. The SMILES string of the molecule is O=C(Nc1ccc(F)cc1)c1cc(-c2cccn3c(-c4cccc(F)c4F)c(CO)nc23)ccc1C(F)(F)F.